The topological polar surface area (TPSA) is 73.9 Å². The van der Waals surface area contributed by atoms with Crippen LogP contribution in [0.3, 0.4) is 0 Å². The van der Waals surface area contributed by atoms with Gasteiger partial charge in [0, 0.05) is 12.1 Å². The van der Waals surface area contributed by atoms with Crippen molar-refractivity contribution in [2.24, 2.45) is 10.9 Å². The van der Waals surface area contributed by atoms with Gasteiger partial charge < -0.3 is 15.3 Å². The molecule has 5 nitrogen and oxygen atoms in total. The molecule has 0 saturated carbocycles. The molecular weight excluding hydrogens is 306 g/mol. The second-order valence-corrected chi connectivity index (χ2v) is 4.39. The first-order valence-corrected chi connectivity index (χ1v) is 5.93. The first-order chi connectivity index (χ1) is 9.48. The summed E-state index contributed by atoms with van der Waals surface area (Å²) in [5.74, 6) is -4.78. The highest BCUT2D eigenvalue weighted by Crippen LogP contribution is 2.46. The van der Waals surface area contributed by atoms with Gasteiger partial charge in [-0.2, -0.15) is 8.78 Å². The van der Waals surface area contributed by atoms with Crippen molar-refractivity contribution in [3.63, 3.8) is 0 Å². The van der Waals surface area contributed by atoms with Crippen LogP contribution >= 0.6 is 12.4 Å². The van der Waals surface area contributed by atoms with Gasteiger partial charge in [-0.1, -0.05) is 35.5 Å². The number of esters is 1. The third kappa shape index (κ3) is 2.71. The highest BCUT2D eigenvalue weighted by atomic mass is 35.5. The lowest BCUT2D eigenvalue weighted by Crippen LogP contribution is -2.53. The smallest absolute Gasteiger partial charge is 0.360 e. The van der Waals surface area contributed by atoms with Gasteiger partial charge in [0.05, 0.1) is 19.2 Å². The molecule has 2 rings (SSSR count). The van der Waals surface area contributed by atoms with Gasteiger partial charge in [0.15, 0.2) is 0 Å². The zero-order valence-electron chi connectivity index (χ0n) is 11.2. The van der Waals surface area contributed by atoms with Crippen molar-refractivity contribution in [1.29, 1.82) is 0 Å². The van der Waals surface area contributed by atoms with Crippen molar-refractivity contribution < 1.29 is 23.1 Å². The molecule has 0 radical (unpaired) electrons. The number of oxime groups is 1. The van der Waals surface area contributed by atoms with E-state index >= 15 is 0 Å². The largest absolute Gasteiger partial charge is 0.466 e. The number of halogens is 3. The van der Waals surface area contributed by atoms with Gasteiger partial charge in [0.25, 0.3) is 0 Å². The monoisotopic (exact) mass is 320 g/mol. The maximum Gasteiger partial charge on any atom is 0.360 e. The lowest BCUT2D eigenvalue weighted by Gasteiger charge is -2.32. The SMILES string of the molecule is COC(=O)C1(C(F)(F)c2ccccc2)CC(CN)=NO1.Cl. The highest BCUT2D eigenvalue weighted by Gasteiger charge is 2.66. The number of nitrogens with two attached hydrogens (primary N) is 1. The molecule has 0 amide bonds. The number of rotatable bonds is 4. The van der Waals surface area contributed by atoms with E-state index in [9.17, 15) is 13.6 Å². The van der Waals surface area contributed by atoms with Crippen molar-refractivity contribution in [3.8, 4) is 0 Å². The van der Waals surface area contributed by atoms with Crippen LogP contribution in [0.2, 0.25) is 0 Å². The Morgan fingerprint density at radius 1 is 1.48 bits per heavy atom. The normalized spacial score (nSPS) is 21.0. The Bertz CT molecular complexity index is 539. The van der Waals surface area contributed by atoms with Crippen LogP contribution in [0, 0.1) is 0 Å². The number of hydrogen-bond donors (Lipinski definition) is 1. The summed E-state index contributed by atoms with van der Waals surface area (Å²) in [4.78, 5) is 16.7. The van der Waals surface area contributed by atoms with Gasteiger partial charge in [-0.05, 0) is 0 Å². The second-order valence-electron chi connectivity index (χ2n) is 4.39. The number of methoxy groups -OCH3 is 1. The van der Waals surface area contributed by atoms with E-state index in [0.29, 0.717) is 0 Å². The summed E-state index contributed by atoms with van der Waals surface area (Å²) in [5.41, 5.74) is 2.71. The Hall–Kier alpha value is -1.73. The predicted octanol–water partition coefficient (Wildman–Crippen LogP) is 1.85. The molecule has 1 aromatic rings. The van der Waals surface area contributed by atoms with E-state index in [2.05, 4.69) is 9.89 Å². The second kappa shape index (κ2) is 6.36. The summed E-state index contributed by atoms with van der Waals surface area (Å²) in [6.07, 6.45) is -0.405. The van der Waals surface area contributed by atoms with Gasteiger partial charge in [0.1, 0.15) is 0 Å². The van der Waals surface area contributed by atoms with Crippen LogP contribution < -0.4 is 5.73 Å². The van der Waals surface area contributed by atoms with Gasteiger partial charge in [-0.25, -0.2) is 4.79 Å². The third-order valence-corrected chi connectivity index (χ3v) is 3.18. The summed E-state index contributed by atoms with van der Waals surface area (Å²) in [6.45, 7) is -0.0659. The maximum absolute atomic E-state index is 14.7. The first kappa shape index (κ1) is 17.3. The average molecular weight is 321 g/mol. The number of carbonyl (C=O) groups excluding carboxylic acids is 1. The van der Waals surface area contributed by atoms with Crippen molar-refractivity contribution in [1.82, 2.24) is 0 Å². The van der Waals surface area contributed by atoms with E-state index in [-0.39, 0.29) is 30.2 Å². The minimum absolute atomic E-state index is 0. The lowest BCUT2D eigenvalue weighted by atomic mass is 9.85. The van der Waals surface area contributed by atoms with Gasteiger partial charge in [0.2, 0.25) is 0 Å². The van der Waals surface area contributed by atoms with Gasteiger partial charge in [-0.15, -0.1) is 12.4 Å². The van der Waals surface area contributed by atoms with Gasteiger partial charge >= 0.3 is 17.5 Å². The molecule has 8 heteroatoms. The van der Waals surface area contributed by atoms with E-state index < -0.39 is 23.9 Å². The average Bonchev–Trinajstić information content (AvgIpc) is 2.93. The molecule has 1 unspecified atom stereocenters. The molecule has 0 aliphatic carbocycles. The Labute approximate surface area is 126 Å². The van der Waals surface area contributed by atoms with E-state index in [1.165, 1.54) is 24.3 Å². The number of ether oxygens (including phenoxy) is 1. The molecule has 116 valence electrons. The molecular formula is C13H15ClF2N2O3. The summed E-state index contributed by atoms with van der Waals surface area (Å²) in [6, 6.07) is 6.94. The molecule has 0 spiro atoms. The van der Waals surface area contributed by atoms with Crippen LogP contribution in [0.25, 0.3) is 0 Å². The zero-order valence-corrected chi connectivity index (χ0v) is 12.0. The van der Waals surface area contributed by atoms with Crippen LogP contribution in [0.15, 0.2) is 35.5 Å². The quantitative estimate of drug-likeness (QED) is 0.859. The molecule has 2 N–H and O–H groups in total. The zero-order chi connectivity index (χ0) is 14.8. The summed E-state index contributed by atoms with van der Waals surface area (Å²) in [5, 5.41) is 3.48. The predicted molar refractivity (Wildman–Crippen MR) is 74.5 cm³/mol. The third-order valence-electron chi connectivity index (χ3n) is 3.18. The van der Waals surface area contributed by atoms with Crippen LogP contribution in [-0.2, 0) is 20.3 Å². The first-order valence-electron chi connectivity index (χ1n) is 5.93. The summed E-state index contributed by atoms with van der Waals surface area (Å²) < 4.78 is 33.9. The van der Waals surface area contributed by atoms with Crippen LogP contribution in [0.4, 0.5) is 8.78 Å². The molecule has 1 aliphatic heterocycles. The molecule has 0 saturated heterocycles. The summed E-state index contributed by atoms with van der Waals surface area (Å²) in [7, 11) is 1.02. The number of carbonyl (C=O) groups is 1. The Kier molecular flexibility index (Phi) is 5.25. The lowest BCUT2D eigenvalue weighted by molar-refractivity contribution is -0.222. The fraction of sp³-hybridized carbons (Fsp3) is 0.385. The standard InChI is InChI=1S/C13H14F2N2O3.ClH/c1-19-11(18)12(7-10(8-16)17-20-12)13(14,15)9-5-3-2-4-6-9;/h2-6H,7-8,16H2,1H3;1H. The maximum atomic E-state index is 14.7. The van der Waals surface area contributed by atoms with E-state index in [1.807, 2.05) is 0 Å². The highest BCUT2D eigenvalue weighted by molar-refractivity contribution is 5.95. The van der Waals surface area contributed by atoms with E-state index in [0.717, 1.165) is 7.11 Å². The van der Waals surface area contributed by atoms with Crippen molar-refractivity contribution in [3.05, 3.63) is 35.9 Å². The molecule has 1 aromatic carbocycles. The Morgan fingerprint density at radius 3 is 2.57 bits per heavy atom. The van der Waals surface area contributed by atoms with Crippen molar-refractivity contribution in [2.75, 3.05) is 13.7 Å². The van der Waals surface area contributed by atoms with Crippen molar-refractivity contribution >= 4 is 24.1 Å². The molecule has 0 fully saturated rings. The molecule has 21 heavy (non-hydrogen) atoms. The minimum atomic E-state index is -3.60. The molecule has 1 aliphatic rings. The summed E-state index contributed by atoms with van der Waals surface area (Å²) >= 11 is 0. The Morgan fingerprint density at radius 2 is 2.10 bits per heavy atom. The molecule has 1 atom stereocenters. The number of benzene rings is 1. The molecule has 1 heterocycles. The van der Waals surface area contributed by atoms with Gasteiger partial charge in [-0.3, -0.25) is 0 Å². The van der Waals surface area contributed by atoms with E-state index in [4.69, 9.17) is 10.6 Å². The van der Waals surface area contributed by atoms with E-state index in [1.54, 1.807) is 6.07 Å². The fourth-order valence-electron chi connectivity index (χ4n) is 2.06. The van der Waals surface area contributed by atoms with Crippen molar-refractivity contribution in [2.45, 2.75) is 17.9 Å². The minimum Gasteiger partial charge on any atom is -0.466 e. The molecule has 0 aromatic heterocycles. The number of hydrogen-bond acceptors (Lipinski definition) is 5. The fourth-order valence-corrected chi connectivity index (χ4v) is 2.06. The molecule has 0 bridgehead atoms. The van der Waals surface area contributed by atoms with Crippen LogP contribution in [0.5, 0.6) is 0 Å². The van der Waals surface area contributed by atoms with Crippen LogP contribution in [-0.4, -0.2) is 30.9 Å². The number of nitrogens with zero attached hydrogens (tertiary/aromatic N) is 1. The Balaban J connectivity index is 0.00000220. The number of alkyl halides is 2. The van der Waals surface area contributed by atoms with Crippen LogP contribution in [0.1, 0.15) is 12.0 Å².